The van der Waals surface area contributed by atoms with E-state index in [2.05, 4.69) is 63.2 Å². The highest BCUT2D eigenvalue weighted by Gasteiger charge is 2.43. The van der Waals surface area contributed by atoms with Gasteiger partial charge in [0.2, 0.25) is 0 Å². The maximum absolute atomic E-state index is 3.79. The number of aryl methyl sites for hydroxylation is 1. The van der Waals surface area contributed by atoms with E-state index in [1.54, 1.807) is 0 Å². The van der Waals surface area contributed by atoms with E-state index >= 15 is 0 Å². The van der Waals surface area contributed by atoms with Crippen molar-refractivity contribution in [2.24, 2.45) is 17.8 Å². The van der Waals surface area contributed by atoms with Crippen molar-refractivity contribution in [2.45, 2.75) is 45.6 Å². The Labute approximate surface area is 139 Å². The summed E-state index contributed by atoms with van der Waals surface area (Å²) in [6, 6.07) is 5.07. The summed E-state index contributed by atoms with van der Waals surface area (Å²) in [5.74, 6) is 2.76. The Balaban J connectivity index is 1.92. The van der Waals surface area contributed by atoms with Gasteiger partial charge in [-0.25, -0.2) is 0 Å². The van der Waals surface area contributed by atoms with Crippen LogP contribution in [0.3, 0.4) is 0 Å². The van der Waals surface area contributed by atoms with Crippen LogP contribution in [0.15, 0.2) is 21.1 Å². The molecule has 4 unspecified atom stereocenters. The molecule has 0 aliphatic heterocycles. The Morgan fingerprint density at radius 1 is 1.20 bits per heavy atom. The average Bonchev–Trinajstić information content (AvgIpc) is 3.03. The molecular weight excluding hydrogens is 378 g/mol. The van der Waals surface area contributed by atoms with Crippen LogP contribution < -0.4 is 5.32 Å². The van der Waals surface area contributed by atoms with Crippen LogP contribution in [0.1, 0.15) is 49.8 Å². The summed E-state index contributed by atoms with van der Waals surface area (Å²) in [5.41, 5.74) is 2.73. The minimum Gasteiger partial charge on any atom is -0.310 e. The van der Waals surface area contributed by atoms with E-state index in [9.17, 15) is 0 Å². The third-order valence-electron chi connectivity index (χ3n) is 5.26. The summed E-state index contributed by atoms with van der Waals surface area (Å²) in [6.45, 7) is 5.41. The maximum Gasteiger partial charge on any atom is 0.0362 e. The summed E-state index contributed by atoms with van der Waals surface area (Å²) in [6.07, 6.45) is 5.80. The second kappa shape index (κ2) is 6.10. The molecule has 0 saturated heterocycles. The van der Waals surface area contributed by atoms with Gasteiger partial charge >= 0.3 is 0 Å². The van der Waals surface area contributed by atoms with Gasteiger partial charge in [-0.3, -0.25) is 0 Å². The Morgan fingerprint density at radius 3 is 2.60 bits per heavy atom. The standard InChI is InChI=1S/C17H23Br2N/c1-3-20-17(13-8-11-4-5-12(13)7-11)14-9-15(18)10(2)6-16(14)19/h6,9,11-13,17,20H,3-5,7-8H2,1-2H3. The second-order valence-corrected chi connectivity index (χ2v) is 8.21. The third-order valence-corrected chi connectivity index (χ3v) is 6.80. The highest BCUT2D eigenvalue weighted by Crippen LogP contribution is 2.53. The highest BCUT2D eigenvalue weighted by molar-refractivity contribution is 9.11. The predicted octanol–water partition coefficient (Wildman–Crippen LogP) is 5.61. The minimum atomic E-state index is 0.501. The van der Waals surface area contributed by atoms with E-state index < -0.39 is 0 Å². The van der Waals surface area contributed by atoms with Crippen LogP contribution in [0.25, 0.3) is 0 Å². The van der Waals surface area contributed by atoms with Gasteiger partial charge in [-0.15, -0.1) is 0 Å². The quantitative estimate of drug-likeness (QED) is 0.692. The zero-order valence-electron chi connectivity index (χ0n) is 12.3. The molecule has 3 heteroatoms. The smallest absolute Gasteiger partial charge is 0.0362 e. The normalized spacial score (nSPS) is 29.9. The lowest BCUT2D eigenvalue weighted by atomic mass is 9.80. The molecule has 1 aromatic rings. The van der Waals surface area contributed by atoms with Gasteiger partial charge in [0.15, 0.2) is 0 Å². The highest BCUT2D eigenvalue weighted by atomic mass is 79.9. The minimum absolute atomic E-state index is 0.501. The fourth-order valence-corrected chi connectivity index (χ4v) is 5.38. The Kier molecular flexibility index (Phi) is 4.59. The van der Waals surface area contributed by atoms with Crippen LogP contribution in [0.4, 0.5) is 0 Å². The number of fused-ring (bicyclic) bond motifs is 2. The van der Waals surface area contributed by atoms with Crippen LogP contribution >= 0.6 is 31.9 Å². The van der Waals surface area contributed by atoms with Crippen molar-refractivity contribution >= 4 is 31.9 Å². The van der Waals surface area contributed by atoms with Crippen LogP contribution in [0.5, 0.6) is 0 Å². The molecule has 2 bridgehead atoms. The van der Waals surface area contributed by atoms with Gasteiger partial charge in [0.1, 0.15) is 0 Å². The fourth-order valence-electron chi connectivity index (χ4n) is 4.31. The van der Waals surface area contributed by atoms with Gasteiger partial charge in [0.25, 0.3) is 0 Å². The monoisotopic (exact) mass is 399 g/mol. The number of hydrogen-bond acceptors (Lipinski definition) is 1. The van der Waals surface area contributed by atoms with Crippen molar-refractivity contribution in [1.82, 2.24) is 5.32 Å². The predicted molar refractivity (Wildman–Crippen MR) is 91.9 cm³/mol. The summed E-state index contributed by atoms with van der Waals surface area (Å²) in [5, 5.41) is 3.76. The summed E-state index contributed by atoms with van der Waals surface area (Å²) < 4.78 is 2.48. The van der Waals surface area contributed by atoms with E-state index in [0.29, 0.717) is 6.04 Å². The SMILES string of the molecule is CCNC(c1cc(Br)c(C)cc1Br)C1CC2CCC1C2. The van der Waals surface area contributed by atoms with Gasteiger partial charge in [-0.2, -0.15) is 0 Å². The molecule has 4 atom stereocenters. The molecule has 1 aromatic carbocycles. The van der Waals surface area contributed by atoms with Gasteiger partial charge in [0, 0.05) is 15.0 Å². The van der Waals surface area contributed by atoms with Crippen LogP contribution in [0.2, 0.25) is 0 Å². The van der Waals surface area contributed by atoms with Gasteiger partial charge in [-0.05, 0) is 73.7 Å². The first-order valence-electron chi connectivity index (χ1n) is 7.79. The first-order chi connectivity index (χ1) is 9.60. The molecule has 0 spiro atoms. The van der Waals surface area contributed by atoms with E-state index in [4.69, 9.17) is 0 Å². The van der Waals surface area contributed by atoms with E-state index in [-0.39, 0.29) is 0 Å². The molecule has 2 aliphatic rings. The summed E-state index contributed by atoms with van der Waals surface area (Å²) >= 11 is 7.49. The molecule has 0 radical (unpaired) electrons. The van der Waals surface area contributed by atoms with Crippen molar-refractivity contribution in [3.8, 4) is 0 Å². The Bertz CT molecular complexity index is 500. The molecule has 0 amide bonds. The third kappa shape index (κ3) is 2.74. The lowest BCUT2D eigenvalue weighted by molar-refractivity contribution is 0.252. The number of nitrogens with one attached hydrogen (secondary N) is 1. The van der Waals surface area contributed by atoms with Crippen molar-refractivity contribution in [2.75, 3.05) is 6.54 Å². The summed E-state index contributed by atoms with van der Waals surface area (Å²) in [7, 11) is 0. The molecule has 2 saturated carbocycles. The molecule has 1 N–H and O–H groups in total. The lowest BCUT2D eigenvalue weighted by Crippen LogP contribution is -2.31. The number of rotatable bonds is 4. The van der Waals surface area contributed by atoms with Gasteiger partial charge in [0.05, 0.1) is 0 Å². The van der Waals surface area contributed by atoms with Crippen LogP contribution in [0, 0.1) is 24.7 Å². The molecule has 20 heavy (non-hydrogen) atoms. The number of halogens is 2. The largest absolute Gasteiger partial charge is 0.310 e. The zero-order valence-corrected chi connectivity index (χ0v) is 15.4. The molecule has 2 fully saturated rings. The Hall–Kier alpha value is 0.140. The van der Waals surface area contributed by atoms with Crippen molar-refractivity contribution in [3.05, 3.63) is 32.2 Å². The van der Waals surface area contributed by atoms with E-state index in [1.807, 2.05) is 0 Å². The fraction of sp³-hybridized carbons (Fsp3) is 0.647. The molecule has 0 aromatic heterocycles. The topological polar surface area (TPSA) is 12.0 Å². The second-order valence-electron chi connectivity index (χ2n) is 6.50. The number of hydrogen-bond donors (Lipinski definition) is 1. The first-order valence-corrected chi connectivity index (χ1v) is 9.37. The molecule has 2 aliphatic carbocycles. The molecule has 1 nitrogen and oxygen atoms in total. The van der Waals surface area contributed by atoms with Crippen molar-refractivity contribution in [1.29, 1.82) is 0 Å². The maximum atomic E-state index is 3.79. The van der Waals surface area contributed by atoms with Crippen LogP contribution in [-0.4, -0.2) is 6.54 Å². The van der Waals surface area contributed by atoms with Gasteiger partial charge < -0.3 is 5.32 Å². The molecule has 3 rings (SSSR count). The van der Waals surface area contributed by atoms with Crippen molar-refractivity contribution < 1.29 is 0 Å². The average molecular weight is 401 g/mol. The van der Waals surface area contributed by atoms with Gasteiger partial charge in [-0.1, -0.05) is 45.2 Å². The molecule has 110 valence electrons. The first kappa shape index (κ1) is 15.1. The lowest BCUT2D eigenvalue weighted by Gasteiger charge is -2.32. The summed E-state index contributed by atoms with van der Waals surface area (Å²) in [4.78, 5) is 0. The Morgan fingerprint density at radius 2 is 2.00 bits per heavy atom. The molecular formula is C17H23Br2N. The van der Waals surface area contributed by atoms with Crippen LogP contribution in [-0.2, 0) is 0 Å². The van der Waals surface area contributed by atoms with E-state index in [0.717, 1.165) is 24.3 Å². The number of benzene rings is 1. The molecule has 0 heterocycles. The van der Waals surface area contributed by atoms with Crippen molar-refractivity contribution in [3.63, 3.8) is 0 Å². The zero-order chi connectivity index (χ0) is 14.3. The van der Waals surface area contributed by atoms with E-state index in [1.165, 1.54) is 45.8 Å².